The highest BCUT2D eigenvalue weighted by atomic mass is 19.3. The first-order valence-corrected chi connectivity index (χ1v) is 10.5. The van der Waals surface area contributed by atoms with Gasteiger partial charge >= 0.3 is 0 Å². The summed E-state index contributed by atoms with van der Waals surface area (Å²) in [7, 11) is 4.20. The number of anilines is 2. The molecule has 1 aliphatic heterocycles. The summed E-state index contributed by atoms with van der Waals surface area (Å²) in [6.45, 7) is 5.66. The number of aryl methyl sites for hydroxylation is 1. The number of alkyl halides is 2. The maximum Gasteiger partial charge on any atom is 0.263 e. The second kappa shape index (κ2) is 8.70. The van der Waals surface area contributed by atoms with Crippen LogP contribution in [0.15, 0.2) is 36.5 Å². The van der Waals surface area contributed by atoms with Crippen LogP contribution < -0.4 is 10.2 Å². The highest BCUT2D eigenvalue weighted by Crippen LogP contribution is 2.30. The molecule has 0 spiro atoms. The first-order chi connectivity index (χ1) is 14.8. The normalized spacial score (nSPS) is 17.7. The number of halogens is 2. The minimum atomic E-state index is -2.49. The van der Waals surface area contributed by atoms with Crippen LogP contribution in [0.5, 0.6) is 0 Å². The molecule has 3 aromatic rings. The molecule has 164 valence electrons. The van der Waals surface area contributed by atoms with Gasteiger partial charge in [0.1, 0.15) is 17.5 Å². The van der Waals surface area contributed by atoms with Crippen molar-refractivity contribution in [2.75, 3.05) is 37.4 Å². The Bertz CT molecular complexity index is 1070. The lowest BCUT2D eigenvalue weighted by atomic mass is 10.1. The maximum absolute atomic E-state index is 13.1. The van der Waals surface area contributed by atoms with Crippen LogP contribution in [-0.2, 0) is 0 Å². The third kappa shape index (κ3) is 4.58. The molecule has 1 aromatic carbocycles. The monoisotopic (exact) mass is 426 g/mol. The zero-order chi connectivity index (χ0) is 22.1. The van der Waals surface area contributed by atoms with E-state index in [1.165, 1.54) is 12.1 Å². The number of nitrogens with one attached hydrogen (secondary N) is 1. The summed E-state index contributed by atoms with van der Waals surface area (Å²) in [6, 6.07) is 8.83. The van der Waals surface area contributed by atoms with Crippen LogP contribution in [0.1, 0.15) is 42.8 Å². The van der Waals surface area contributed by atoms with Crippen molar-refractivity contribution >= 4 is 22.5 Å². The van der Waals surface area contributed by atoms with E-state index < -0.39 is 6.43 Å². The van der Waals surface area contributed by atoms with Crippen molar-refractivity contribution in [1.82, 2.24) is 19.9 Å². The summed E-state index contributed by atoms with van der Waals surface area (Å²) in [5, 5.41) is 4.28. The van der Waals surface area contributed by atoms with Crippen molar-refractivity contribution < 1.29 is 8.78 Å². The van der Waals surface area contributed by atoms with Gasteiger partial charge < -0.3 is 15.1 Å². The third-order valence-corrected chi connectivity index (χ3v) is 5.91. The van der Waals surface area contributed by atoms with E-state index in [9.17, 15) is 8.78 Å². The molecule has 4 rings (SSSR count). The number of hydrogen-bond acceptors (Lipinski definition) is 6. The molecular formula is C23H28F2N6. The van der Waals surface area contributed by atoms with E-state index >= 15 is 0 Å². The van der Waals surface area contributed by atoms with Crippen LogP contribution in [-0.4, -0.2) is 53.1 Å². The predicted octanol–water partition coefficient (Wildman–Crippen LogP) is 4.58. The van der Waals surface area contributed by atoms with E-state index in [-0.39, 0.29) is 11.6 Å². The quantitative estimate of drug-likeness (QED) is 0.623. The van der Waals surface area contributed by atoms with E-state index in [0.29, 0.717) is 17.7 Å². The fourth-order valence-corrected chi connectivity index (χ4v) is 4.04. The molecule has 0 amide bonds. The molecule has 8 heteroatoms. The summed E-state index contributed by atoms with van der Waals surface area (Å²) < 4.78 is 26.2. The third-order valence-electron chi connectivity index (χ3n) is 5.91. The number of rotatable bonds is 6. The van der Waals surface area contributed by atoms with Crippen LogP contribution in [0.25, 0.3) is 10.9 Å². The topological polar surface area (TPSA) is 57.2 Å². The summed E-state index contributed by atoms with van der Waals surface area (Å²) >= 11 is 0. The molecule has 0 unspecified atom stereocenters. The minimum Gasteiger partial charge on any atom is -0.363 e. The first kappa shape index (κ1) is 21.4. The second-order valence-corrected chi connectivity index (χ2v) is 8.37. The molecule has 2 atom stereocenters. The Morgan fingerprint density at radius 2 is 1.94 bits per heavy atom. The number of benzene rings is 1. The van der Waals surface area contributed by atoms with Gasteiger partial charge in [0.25, 0.3) is 6.43 Å². The molecule has 0 saturated carbocycles. The Balaban J connectivity index is 1.64. The largest absolute Gasteiger partial charge is 0.363 e. The van der Waals surface area contributed by atoms with Crippen molar-refractivity contribution in [1.29, 1.82) is 0 Å². The minimum absolute atomic E-state index is 0.0193. The van der Waals surface area contributed by atoms with E-state index in [1.807, 2.05) is 26.0 Å². The summed E-state index contributed by atoms with van der Waals surface area (Å²) in [5.41, 5.74) is 1.56. The highest BCUT2D eigenvalue weighted by molar-refractivity contribution is 5.90. The maximum atomic E-state index is 13.1. The summed E-state index contributed by atoms with van der Waals surface area (Å²) in [5.74, 6) is 2.22. The van der Waals surface area contributed by atoms with Crippen molar-refractivity contribution in [2.24, 2.45) is 0 Å². The number of nitrogens with zero attached hydrogens (tertiary/aromatic N) is 5. The van der Waals surface area contributed by atoms with E-state index in [0.717, 1.165) is 41.8 Å². The average molecular weight is 427 g/mol. The molecule has 1 N–H and O–H groups in total. The van der Waals surface area contributed by atoms with Gasteiger partial charge in [-0.25, -0.2) is 23.7 Å². The van der Waals surface area contributed by atoms with Gasteiger partial charge in [0.05, 0.1) is 11.7 Å². The van der Waals surface area contributed by atoms with Crippen LogP contribution in [0.4, 0.5) is 20.4 Å². The Labute approximate surface area is 181 Å². The van der Waals surface area contributed by atoms with Gasteiger partial charge in [0.2, 0.25) is 0 Å². The fraction of sp³-hybridized carbons (Fsp3) is 0.435. The molecule has 0 bridgehead atoms. The summed E-state index contributed by atoms with van der Waals surface area (Å²) in [4.78, 5) is 18.3. The van der Waals surface area contributed by atoms with Gasteiger partial charge in [-0.2, -0.15) is 0 Å². The average Bonchev–Trinajstić information content (AvgIpc) is 3.24. The first-order valence-electron chi connectivity index (χ1n) is 10.5. The lowest BCUT2D eigenvalue weighted by molar-refractivity contribution is 0.151. The Hall–Kier alpha value is -2.87. The smallest absolute Gasteiger partial charge is 0.263 e. The molecule has 1 aliphatic rings. The van der Waals surface area contributed by atoms with E-state index in [2.05, 4.69) is 44.2 Å². The summed E-state index contributed by atoms with van der Waals surface area (Å²) in [6.07, 6.45) is 0.393. The van der Waals surface area contributed by atoms with Gasteiger partial charge in [0, 0.05) is 36.1 Å². The Morgan fingerprint density at radius 3 is 2.65 bits per heavy atom. The Kier molecular flexibility index (Phi) is 6.00. The molecule has 2 aromatic heterocycles. The molecule has 1 fully saturated rings. The van der Waals surface area contributed by atoms with Crippen LogP contribution in [0.2, 0.25) is 0 Å². The molecule has 3 heterocycles. The second-order valence-electron chi connectivity index (χ2n) is 8.37. The van der Waals surface area contributed by atoms with E-state index in [1.54, 1.807) is 12.3 Å². The number of pyridine rings is 1. The molecule has 31 heavy (non-hydrogen) atoms. The molecular weight excluding hydrogens is 398 g/mol. The van der Waals surface area contributed by atoms with Crippen LogP contribution in [0.3, 0.4) is 0 Å². The van der Waals surface area contributed by atoms with Gasteiger partial charge in [0.15, 0.2) is 0 Å². The lowest BCUT2D eigenvalue weighted by Crippen LogP contribution is -2.31. The molecule has 0 radical (unpaired) electrons. The van der Waals surface area contributed by atoms with Gasteiger partial charge in [-0.05, 0) is 52.1 Å². The molecule has 0 aliphatic carbocycles. The fourth-order valence-electron chi connectivity index (χ4n) is 4.04. The Morgan fingerprint density at radius 1 is 1.16 bits per heavy atom. The van der Waals surface area contributed by atoms with Gasteiger partial charge in [-0.15, -0.1) is 0 Å². The lowest BCUT2D eigenvalue weighted by Gasteiger charge is -2.22. The SMILES string of the molecule is Cc1nc(N[C@H](C)c2cccc(C(F)F)c2)c2cc(N3CC[C@@H](N(C)C)C3)ncc2n1. The van der Waals surface area contributed by atoms with Crippen molar-refractivity contribution in [2.45, 2.75) is 38.8 Å². The van der Waals surface area contributed by atoms with Crippen LogP contribution in [0, 0.1) is 6.92 Å². The van der Waals surface area contributed by atoms with Gasteiger partial charge in [-0.1, -0.05) is 18.2 Å². The number of aromatic nitrogens is 3. The van der Waals surface area contributed by atoms with Gasteiger partial charge in [-0.3, -0.25) is 0 Å². The van der Waals surface area contributed by atoms with E-state index in [4.69, 9.17) is 0 Å². The predicted molar refractivity (Wildman–Crippen MR) is 120 cm³/mol. The number of likely N-dealkylation sites (N-methyl/N-ethyl adjacent to an activating group) is 1. The zero-order valence-electron chi connectivity index (χ0n) is 18.3. The van der Waals surface area contributed by atoms with Crippen molar-refractivity contribution in [3.8, 4) is 0 Å². The van der Waals surface area contributed by atoms with Crippen LogP contribution >= 0.6 is 0 Å². The zero-order valence-corrected chi connectivity index (χ0v) is 18.3. The standard InChI is InChI=1S/C23H28F2N6/c1-14(16-6-5-7-17(10-16)22(24)25)27-23-19-11-21(26-12-20(19)28-15(2)29-23)31-9-8-18(13-31)30(3)4/h5-7,10-12,14,18,22H,8-9,13H2,1-4H3,(H,27,28,29)/t14-,18-/m1/s1. The van der Waals surface area contributed by atoms with Crippen molar-refractivity contribution in [3.05, 3.63) is 53.5 Å². The van der Waals surface area contributed by atoms with Crippen molar-refractivity contribution in [3.63, 3.8) is 0 Å². The molecule has 6 nitrogen and oxygen atoms in total. The number of fused-ring (bicyclic) bond motifs is 1. The number of hydrogen-bond donors (Lipinski definition) is 1. The molecule has 1 saturated heterocycles. The highest BCUT2D eigenvalue weighted by Gasteiger charge is 2.25.